The van der Waals surface area contributed by atoms with Crippen LogP contribution < -0.4 is 0 Å². The highest BCUT2D eigenvalue weighted by Gasteiger charge is 2.63. The number of esters is 1. The molecule has 3 N–H and O–H groups in total. The molecule has 0 rings (SSSR count). The summed E-state index contributed by atoms with van der Waals surface area (Å²) >= 11 is 0. The molecule has 0 saturated heterocycles. The Morgan fingerprint density at radius 2 is 1.24 bits per heavy atom. The molecule has 0 radical (unpaired) electrons. The van der Waals surface area contributed by atoms with Gasteiger partial charge >= 0.3 is 17.9 Å². The van der Waals surface area contributed by atoms with Gasteiger partial charge in [0.1, 0.15) is 5.41 Å². The maximum atomic E-state index is 13.7. The summed E-state index contributed by atoms with van der Waals surface area (Å²) in [5.41, 5.74) is -4.57. The van der Waals surface area contributed by atoms with E-state index in [9.17, 15) is 29.7 Å². The lowest BCUT2D eigenvalue weighted by Gasteiger charge is -2.45. The SMILES string of the molecule is CCCCOC(=O)C(CC(CC)CCCC)(CC(CC)CCCC)C(O)(CC(=O)O)C(=O)O. The van der Waals surface area contributed by atoms with Gasteiger partial charge in [-0.3, -0.25) is 9.59 Å². The highest BCUT2D eigenvalue weighted by atomic mass is 16.5. The molecule has 0 heterocycles. The Labute approximate surface area is 200 Å². The Kier molecular flexibility index (Phi) is 15.3. The average Bonchev–Trinajstić information content (AvgIpc) is 2.77. The molecule has 0 amide bonds. The van der Waals surface area contributed by atoms with E-state index in [4.69, 9.17) is 4.74 Å². The third-order valence-corrected chi connectivity index (χ3v) is 7.04. The summed E-state index contributed by atoms with van der Waals surface area (Å²) in [6.07, 6.45) is 7.29. The highest BCUT2D eigenvalue weighted by Crippen LogP contribution is 2.49. The summed E-state index contributed by atoms with van der Waals surface area (Å²) in [7, 11) is 0. The average molecular weight is 473 g/mol. The van der Waals surface area contributed by atoms with Crippen molar-refractivity contribution in [2.45, 2.75) is 124 Å². The number of hydrogen-bond acceptors (Lipinski definition) is 5. The number of carbonyl (C=O) groups is 3. The van der Waals surface area contributed by atoms with Crippen LogP contribution in [-0.4, -0.2) is 45.4 Å². The molecule has 0 aliphatic heterocycles. The van der Waals surface area contributed by atoms with Gasteiger partial charge in [0.2, 0.25) is 0 Å². The van der Waals surface area contributed by atoms with E-state index in [2.05, 4.69) is 13.8 Å². The van der Waals surface area contributed by atoms with E-state index in [0.717, 1.165) is 44.9 Å². The van der Waals surface area contributed by atoms with Crippen molar-refractivity contribution < 1.29 is 34.4 Å². The van der Waals surface area contributed by atoms with Crippen LogP contribution in [0.25, 0.3) is 0 Å². The minimum Gasteiger partial charge on any atom is -0.481 e. The molecular weight excluding hydrogens is 424 g/mol. The Morgan fingerprint density at radius 3 is 1.58 bits per heavy atom. The molecule has 0 aromatic carbocycles. The Morgan fingerprint density at radius 1 is 0.788 bits per heavy atom. The van der Waals surface area contributed by atoms with Gasteiger partial charge in [-0.05, 0) is 31.1 Å². The predicted molar refractivity (Wildman–Crippen MR) is 129 cm³/mol. The molecule has 194 valence electrons. The maximum Gasteiger partial charge on any atom is 0.337 e. The van der Waals surface area contributed by atoms with Crippen molar-refractivity contribution >= 4 is 17.9 Å². The van der Waals surface area contributed by atoms with Gasteiger partial charge in [0.25, 0.3) is 0 Å². The second-order valence-corrected chi connectivity index (χ2v) is 9.55. The predicted octanol–water partition coefficient (Wildman–Crippen LogP) is 5.82. The van der Waals surface area contributed by atoms with Crippen LogP contribution in [0.1, 0.15) is 118 Å². The summed E-state index contributed by atoms with van der Waals surface area (Å²) < 4.78 is 5.57. The standard InChI is InChI=1S/C26H48O7/c1-6-11-14-20(9-4)17-25(24(31)33-16-13-8-3,18-21(10-5)15-12-7-2)26(32,23(29)30)19-22(27)28/h20-21,32H,6-19H2,1-5H3,(H,27,28)(H,29,30). The first-order valence-electron chi connectivity index (χ1n) is 12.9. The monoisotopic (exact) mass is 472 g/mol. The molecule has 0 aliphatic carbocycles. The van der Waals surface area contributed by atoms with Gasteiger partial charge in [-0.2, -0.15) is 0 Å². The highest BCUT2D eigenvalue weighted by molar-refractivity contribution is 5.92. The number of carboxylic acids is 2. The van der Waals surface area contributed by atoms with Gasteiger partial charge in [-0.1, -0.05) is 92.4 Å². The minimum absolute atomic E-state index is 0.0213. The van der Waals surface area contributed by atoms with Crippen molar-refractivity contribution in [3.8, 4) is 0 Å². The van der Waals surface area contributed by atoms with E-state index < -0.39 is 35.3 Å². The Hall–Kier alpha value is -1.63. The number of hydrogen-bond donors (Lipinski definition) is 3. The molecule has 0 aromatic rings. The van der Waals surface area contributed by atoms with Crippen LogP contribution in [0.15, 0.2) is 0 Å². The van der Waals surface area contributed by atoms with Crippen molar-refractivity contribution in [1.82, 2.24) is 0 Å². The Balaban J connectivity index is 6.71. The van der Waals surface area contributed by atoms with Crippen molar-refractivity contribution in [3.05, 3.63) is 0 Å². The molecule has 0 saturated carbocycles. The third kappa shape index (κ3) is 9.26. The largest absolute Gasteiger partial charge is 0.481 e. The summed E-state index contributed by atoms with van der Waals surface area (Å²) in [4.78, 5) is 37.9. The zero-order chi connectivity index (χ0) is 25.5. The summed E-state index contributed by atoms with van der Waals surface area (Å²) in [6.45, 7) is 10.2. The second-order valence-electron chi connectivity index (χ2n) is 9.55. The fraction of sp³-hybridized carbons (Fsp3) is 0.885. The Bertz CT molecular complexity index is 571. The van der Waals surface area contributed by atoms with Crippen LogP contribution in [-0.2, 0) is 19.1 Å². The van der Waals surface area contributed by atoms with E-state index in [1.165, 1.54) is 0 Å². The van der Waals surface area contributed by atoms with Crippen LogP contribution in [0.3, 0.4) is 0 Å². The smallest absolute Gasteiger partial charge is 0.337 e. The minimum atomic E-state index is -2.75. The summed E-state index contributed by atoms with van der Waals surface area (Å²) in [6, 6.07) is 0. The summed E-state index contributed by atoms with van der Waals surface area (Å²) in [5.74, 6) is -3.94. The first-order valence-corrected chi connectivity index (χ1v) is 12.9. The van der Waals surface area contributed by atoms with Crippen LogP contribution >= 0.6 is 0 Å². The van der Waals surface area contributed by atoms with Gasteiger partial charge < -0.3 is 20.1 Å². The number of aliphatic hydroxyl groups is 1. The number of rotatable bonds is 20. The molecule has 33 heavy (non-hydrogen) atoms. The molecule has 0 bridgehead atoms. The molecule has 0 aliphatic rings. The first-order chi connectivity index (χ1) is 15.6. The van der Waals surface area contributed by atoms with E-state index in [-0.39, 0.29) is 31.3 Å². The van der Waals surface area contributed by atoms with Gasteiger partial charge in [0, 0.05) is 0 Å². The van der Waals surface area contributed by atoms with Gasteiger partial charge in [0.05, 0.1) is 13.0 Å². The van der Waals surface area contributed by atoms with Crippen LogP contribution in [0.2, 0.25) is 0 Å². The number of unbranched alkanes of at least 4 members (excludes halogenated alkanes) is 3. The molecule has 7 nitrogen and oxygen atoms in total. The van der Waals surface area contributed by atoms with Gasteiger partial charge in [0.15, 0.2) is 5.60 Å². The molecule has 3 atom stereocenters. The molecule has 7 heteroatoms. The van der Waals surface area contributed by atoms with Crippen LogP contribution in [0.5, 0.6) is 0 Å². The number of aliphatic carboxylic acids is 2. The van der Waals surface area contributed by atoms with E-state index >= 15 is 0 Å². The molecular formula is C26H48O7. The first kappa shape index (κ1) is 31.4. The van der Waals surface area contributed by atoms with Crippen molar-refractivity contribution in [1.29, 1.82) is 0 Å². The maximum absolute atomic E-state index is 13.7. The second kappa shape index (κ2) is 16.1. The molecule has 0 fully saturated rings. The molecule has 0 aromatic heterocycles. The van der Waals surface area contributed by atoms with Gasteiger partial charge in [-0.15, -0.1) is 0 Å². The van der Waals surface area contributed by atoms with E-state index in [0.29, 0.717) is 19.3 Å². The van der Waals surface area contributed by atoms with E-state index in [1.807, 2.05) is 20.8 Å². The third-order valence-electron chi connectivity index (χ3n) is 7.04. The lowest BCUT2D eigenvalue weighted by Crippen LogP contribution is -2.61. The number of ether oxygens (including phenoxy) is 1. The lowest BCUT2D eigenvalue weighted by atomic mass is 9.60. The van der Waals surface area contributed by atoms with Crippen LogP contribution in [0.4, 0.5) is 0 Å². The lowest BCUT2D eigenvalue weighted by molar-refractivity contribution is -0.202. The molecule has 3 unspecified atom stereocenters. The van der Waals surface area contributed by atoms with Crippen molar-refractivity contribution in [3.63, 3.8) is 0 Å². The molecule has 0 spiro atoms. The quantitative estimate of drug-likeness (QED) is 0.151. The topological polar surface area (TPSA) is 121 Å². The fourth-order valence-corrected chi connectivity index (χ4v) is 4.74. The zero-order valence-corrected chi connectivity index (χ0v) is 21.5. The van der Waals surface area contributed by atoms with Crippen molar-refractivity contribution in [2.24, 2.45) is 17.3 Å². The fourth-order valence-electron chi connectivity index (χ4n) is 4.74. The van der Waals surface area contributed by atoms with Crippen LogP contribution in [0, 0.1) is 17.3 Å². The summed E-state index contributed by atoms with van der Waals surface area (Å²) in [5, 5.41) is 31.2. The normalized spacial score (nSPS) is 16.9. The zero-order valence-electron chi connectivity index (χ0n) is 21.5. The van der Waals surface area contributed by atoms with E-state index in [1.54, 1.807) is 0 Å². The number of carbonyl (C=O) groups excluding carboxylic acids is 1. The number of carboxylic acid groups (broad SMARTS) is 2. The van der Waals surface area contributed by atoms with Gasteiger partial charge in [-0.25, -0.2) is 4.79 Å². The van der Waals surface area contributed by atoms with Crippen molar-refractivity contribution in [2.75, 3.05) is 6.61 Å².